The third kappa shape index (κ3) is 72.8. The van der Waals surface area contributed by atoms with Crippen molar-refractivity contribution in [3.05, 3.63) is 134 Å². The van der Waals surface area contributed by atoms with E-state index < -0.39 is 91.5 Å². The van der Waals surface area contributed by atoms with Gasteiger partial charge >= 0.3 is 33.6 Å². The maximum absolute atomic E-state index is 12.9. The van der Waals surface area contributed by atoms with Crippen LogP contribution in [0.2, 0.25) is 0 Å². The summed E-state index contributed by atoms with van der Waals surface area (Å²) in [7, 11) is -9.80. The molecule has 0 rings (SSSR count). The SMILES string of the molecule is CC/C=C\C/C=C\C/C=C\C/C=C\C/C=C\CCCCCCCCCCCCCCCC(=O)OCC(O)COP(=O)(O)OCC(O)COP(=O)(O)OCC(COC(=O)CCCCC/C=C\C/C=C\C/C=C\C/C=C\C/C=C\CC)OC(=O)CCCCCCC/C=C\CCCCCC. The number of carbonyl (C=O) groups excluding carboxylic acids is 3. The molecule has 0 aromatic carbocycles. The van der Waals surface area contributed by atoms with Gasteiger partial charge in [0.1, 0.15) is 25.4 Å². The van der Waals surface area contributed by atoms with Gasteiger partial charge < -0.3 is 34.2 Å². The highest BCUT2D eigenvalue weighted by Crippen LogP contribution is 2.45. The average molecular weight is 1400 g/mol. The van der Waals surface area contributed by atoms with E-state index in [1.165, 1.54) is 83.5 Å². The predicted molar refractivity (Wildman–Crippen MR) is 399 cm³/mol. The molecule has 18 heteroatoms. The maximum Gasteiger partial charge on any atom is 0.472 e. The number of unbranched alkanes of at least 4 members (excludes halogenated alkanes) is 25. The fourth-order valence-electron chi connectivity index (χ4n) is 9.68. The quantitative estimate of drug-likeness (QED) is 0.0146. The van der Waals surface area contributed by atoms with E-state index in [2.05, 4.69) is 154 Å². The molecule has 0 saturated carbocycles. The molecule has 0 aliphatic rings. The Balaban J connectivity index is 4.51. The zero-order valence-corrected chi connectivity index (χ0v) is 62.2. The lowest BCUT2D eigenvalue weighted by atomic mass is 10.0. The normalized spacial score (nSPS) is 14.8. The van der Waals surface area contributed by atoms with Gasteiger partial charge in [-0.05, 0) is 135 Å². The zero-order chi connectivity index (χ0) is 70.9. The van der Waals surface area contributed by atoms with Crippen LogP contribution in [0.1, 0.15) is 290 Å². The number of carbonyl (C=O) groups is 3. The largest absolute Gasteiger partial charge is 0.472 e. The summed E-state index contributed by atoms with van der Waals surface area (Å²) >= 11 is 0. The predicted octanol–water partition coefficient (Wildman–Crippen LogP) is 21.5. The Bertz CT molecular complexity index is 2300. The molecule has 0 saturated heterocycles. The number of rotatable bonds is 70. The lowest BCUT2D eigenvalue weighted by Crippen LogP contribution is -2.30. The third-order valence-electron chi connectivity index (χ3n) is 15.3. The zero-order valence-electron chi connectivity index (χ0n) is 60.5. The van der Waals surface area contributed by atoms with Crippen molar-refractivity contribution in [2.45, 2.75) is 309 Å². The highest BCUT2D eigenvalue weighted by molar-refractivity contribution is 7.47. The summed E-state index contributed by atoms with van der Waals surface area (Å²) < 4.78 is 61.0. The molecule has 0 radical (unpaired) electrons. The van der Waals surface area contributed by atoms with Gasteiger partial charge in [-0.1, -0.05) is 270 Å². The van der Waals surface area contributed by atoms with Crippen molar-refractivity contribution in [3.8, 4) is 0 Å². The first-order chi connectivity index (χ1) is 47.2. The van der Waals surface area contributed by atoms with Gasteiger partial charge in [-0.3, -0.25) is 32.5 Å². The Morgan fingerprint density at radius 3 is 0.887 bits per heavy atom. The number of hydrogen-bond donors (Lipinski definition) is 4. The summed E-state index contributed by atoms with van der Waals surface area (Å²) in [5, 5.41) is 20.6. The van der Waals surface area contributed by atoms with Crippen molar-refractivity contribution in [3.63, 3.8) is 0 Å². The van der Waals surface area contributed by atoms with Crippen molar-refractivity contribution >= 4 is 33.6 Å². The van der Waals surface area contributed by atoms with E-state index in [4.69, 9.17) is 32.3 Å². The van der Waals surface area contributed by atoms with E-state index in [9.17, 15) is 43.5 Å². The van der Waals surface area contributed by atoms with Crippen LogP contribution in [0.3, 0.4) is 0 Å². The van der Waals surface area contributed by atoms with Crippen LogP contribution < -0.4 is 0 Å². The lowest BCUT2D eigenvalue weighted by molar-refractivity contribution is -0.161. The molecule has 5 unspecified atom stereocenters. The molecule has 16 nitrogen and oxygen atoms in total. The second kappa shape index (κ2) is 71.5. The van der Waals surface area contributed by atoms with Crippen LogP contribution >= 0.6 is 15.6 Å². The Morgan fingerprint density at radius 2 is 0.546 bits per heavy atom. The van der Waals surface area contributed by atoms with Gasteiger partial charge in [-0.25, -0.2) is 9.13 Å². The van der Waals surface area contributed by atoms with Gasteiger partial charge in [-0.15, -0.1) is 0 Å². The van der Waals surface area contributed by atoms with Gasteiger partial charge in [0, 0.05) is 19.3 Å². The van der Waals surface area contributed by atoms with Gasteiger partial charge in [-0.2, -0.15) is 0 Å². The van der Waals surface area contributed by atoms with Gasteiger partial charge in [0.25, 0.3) is 0 Å². The van der Waals surface area contributed by atoms with Crippen LogP contribution in [-0.2, 0) is 55.8 Å². The lowest BCUT2D eigenvalue weighted by Gasteiger charge is -2.21. The maximum atomic E-state index is 12.9. The van der Waals surface area contributed by atoms with E-state index >= 15 is 0 Å². The number of ether oxygens (including phenoxy) is 3. The second-order valence-corrected chi connectivity index (χ2v) is 27.6. The summed E-state index contributed by atoms with van der Waals surface area (Å²) in [6.07, 6.45) is 85.1. The third-order valence-corrected chi connectivity index (χ3v) is 17.2. The van der Waals surface area contributed by atoms with Crippen molar-refractivity contribution in [1.29, 1.82) is 0 Å². The molecule has 0 aliphatic heterocycles. The molecule has 0 spiro atoms. The fourth-order valence-corrected chi connectivity index (χ4v) is 11.3. The minimum Gasteiger partial charge on any atom is -0.463 e. The van der Waals surface area contributed by atoms with Crippen molar-refractivity contribution in [1.82, 2.24) is 0 Å². The number of allylic oxidation sites excluding steroid dienone is 22. The summed E-state index contributed by atoms with van der Waals surface area (Å²) in [6, 6.07) is 0. The highest BCUT2D eigenvalue weighted by atomic mass is 31.2. The van der Waals surface area contributed by atoms with E-state index in [1.807, 2.05) is 0 Å². The van der Waals surface area contributed by atoms with Crippen LogP contribution in [0.4, 0.5) is 0 Å². The molecule has 4 N–H and O–H groups in total. The summed E-state index contributed by atoms with van der Waals surface area (Å²) in [5.74, 6) is -1.62. The molecule has 0 aliphatic carbocycles. The summed E-state index contributed by atoms with van der Waals surface area (Å²) in [5.41, 5.74) is 0. The van der Waals surface area contributed by atoms with Crippen LogP contribution in [-0.4, -0.2) is 95.9 Å². The number of aliphatic hydroxyl groups excluding tert-OH is 2. The monoisotopic (exact) mass is 1400 g/mol. The average Bonchev–Trinajstić information content (AvgIpc) is 1.64. The first kappa shape index (κ1) is 92.7. The van der Waals surface area contributed by atoms with Crippen LogP contribution in [0, 0.1) is 0 Å². The Hall–Kier alpha value is -4.31. The smallest absolute Gasteiger partial charge is 0.463 e. The molecule has 0 aromatic heterocycles. The van der Waals surface area contributed by atoms with Crippen molar-refractivity contribution in [2.75, 3.05) is 39.6 Å². The Morgan fingerprint density at radius 1 is 0.299 bits per heavy atom. The summed E-state index contributed by atoms with van der Waals surface area (Å²) in [6.45, 7) is 2.38. The van der Waals surface area contributed by atoms with Crippen molar-refractivity contribution < 1.29 is 75.8 Å². The van der Waals surface area contributed by atoms with Crippen LogP contribution in [0.5, 0.6) is 0 Å². The summed E-state index contributed by atoms with van der Waals surface area (Å²) in [4.78, 5) is 58.5. The number of aliphatic hydroxyl groups is 2. The highest BCUT2D eigenvalue weighted by Gasteiger charge is 2.29. The molecule has 0 aromatic rings. The first-order valence-electron chi connectivity index (χ1n) is 37.5. The van der Waals surface area contributed by atoms with Gasteiger partial charge in [0.05, 0.1) is 26.4 Å². The molecule has 0 amide bonds. The fraction of sp³-hybridized carbons (Fsp3) is 0.684. The minimum atomic E-state index is -4.94. The second-order valence-electron chi connectivity index (χ2n) is 24.7. The number of phosphoric ester groups is 2. The van der Waals surface area contributed by atoms with Crippen LogP contribution in [0.25, 0.3) is 0 Å². The van der Waals surface area contributed by atoms with E-state index in [0.29, 0.717) is 19.3 Å². The molecule has 5 atom stereocenters. The number of esters is 3. The van der Waals surface area contributed by atoms with E-state index in [0.717, 1.165) is 148 Å². The number of phosphoric acid groups is 2. The van der Waals surface area contributed by atoms with Gasteiger partial charge in [0.15, 0.2) is 6.10 Å². The molecular weight excluding hydrogens is 1270 g/mol. The molecular formula is C79H134O16P2. The minimum absolute atomic E-state index is 0.0844. The topological polar surface area (TPSA) is 231 Å². The Labute approximate surface area is 588 Å². The van der Waals surface area contributed by atoms with E-state index in [1.54, 1.807) is 0 Å². The van der Waals surface area contributed by atoms with Crippen LogP contribution in [0.15, 0.2) is 134 Å². The van der Waals surface area contributed by atoms with E-state index in [-0.39, 0.29) is 19.3 Å². The Kier molecular flexibility index (Phi) is 68.3. The van der Waals surface area contributed by atoms with Crippen molar-refractivity contribution in [2.24, 2.45) is 0 Å². The van der Waals surface area contributed by atoms with Gasteiger partial charge in [0.2, 0.25) is 0 Å². The molecule has 0 fully saturated rings. The standard InChI is InChI=1S/C79H134O16P2/c1-4-7-10-13-16-19-22-25-27-29-31-32-33-34-35-36-37-38-39-40-42-44-45-48-50-53-56-59-62-65-77(82)89-68-74(80)69-91-96(85,86)92-70-75(81)71-93-97(87,88)94-73-76(95-79(84)67-64-61-58-55-52-47-24-21-18-15-12-9-6-3)72-90-78(83)66-63-60-57-54-51-49-46-43-41-30-28-26-23-20-17-14-11-8-5-2/h7-8,10-11,16-17,19-21,24-28,31-32,34-35,41,43,49,51,74-76,80-81H,4-6,9,12-15,18,22-23,29-30,33,36-40,42,44-48,50,52-73H2,1-3H3,(H,85,86)(H,87,88)/b10-7-,11-8-,19-16-,20-17-,24-21-,27-25-,28-26-,32-31-,35-34-,43-41-,51-49-. The molecule has 97 heavy (non-hydrogen) atoms. The molecule has 556 valence electrons. The number of hydrogen-bond acceptors (Lipinski definition) is 14. The first-order valence-corrected chi connectivity index (χ1v) is 40.5. The molecule has 0 heterocycles. The molecule has 0 bridgehead atoms.